The minimum atomic E-state index is 0.0815. The van der Waals surface area contributed by atoms with Crippen molar-refractivity contribution in [2.45, 2.75) is 25.3 Å². The van der Waals surface area contributed by atoms with Crippen LogP contribution in [0.5, 0.6) is 0 Å². The number of likely N-dealkylation sites (N-methyl/N-ethyl adjacent to an activating group) is 1. The van der Waals surface area contributed by atoms with Crippen LogP contribution in [0, 0.1) is 0 Å². The molecule has 1 atom stereocenters. The lowest BCUT2D eigenvalue weighted by Gasteiger charge is -2.37. The first-order valence-electron chi connectivity index (χ1n) is 10.0. The second-order valence-corrected chi connectivity index (χ2v) is 8.62. The Balaban J connectivity index is 1.32. The average molecular weight is 398 g/mol. The molecule has 1 saturated heterocycles. The topological polar surface area (TPSA) is 43.9 Å². The molecule has 2 amide bonds. The number of hydrogen-bond donors (Lipinski definition) is 0. The number of thiophene rings is 1. The van der Waals surface area contributed by atoms with Gasteiger partial charge >= 0.3 is 0 Å². The van der Waals surface area contributed by atoms with Crippen molar-refractivity contribution < 1.29 is 9.59 Å². The number of aryl methyl sites for hydroxylation is 1. The van der Waals surface area contributed by atoms with Crippen molar-refractivity contribution in [2.24, 2.45) is 0 Å². The Bertz CT molecular complexity index is 828. The van der Waals surface area contributed by atoms with Crippen LogP contribution in [0.25, 0.3) is 0 Å². The second-order valence-electron chi connectivity index (χ2n) is 7.67. The Hall–Kier alpha value is -2.18. The summed E-state index contributed by atoms with van der Waals surface area (Å²) in [5.41, 5.74) is 2.79. The van der Waals surface area contributed by atoms with E-state index in [0.29, 0.717) is 38.8 Å². The van der Waals surface area contributed by atoms with Gasteiger partial charge in [-0.05, 0) is 48.9 Å². The van der Waals surface area contributed by atoms with Gasteiger partial charge in [0.05, 0.1) is 11.4 Å². The number of benzene rings is 1. The summed E-state index contributed by atoms with van der Waals surface area (Å²) < 4.78 is 0. The normalized spacial score (nSPS) is 19.6. The molecule has 0 saturated carbocycles. The summed E-state index contributed by atoms with van der Waals surface area (Å²) in [7, 11) is 2.06. The van der Waals surface area contributed by atoms with Crippen LogP contribution < -0.4 is 0 Å². The van der Waals surface area contributed by atoms with E-state index in [1.54, 1.807) is 0 Å². The van der Waals surface area contributed by atoms with E-state index in [2.05, 4.69) is 36.2 Å². The van der Waals surface area contributed by atoms with E-state index in [4.69, 9.17) is 0 Å². The zero-order valence-electron chi connectivity index (χ0n) is 16.3. The van der Waals surface area contributed by atoms with Gasteiger partial charge in [-0.3, -0.25) is 14.5 Å². The number of nitrogens with zero attached hydrogens (tertiary/aromatic N) is 3. The molecule has 2 heterocycles. The number of amides is 2. The molecule has 0 radical (unpaired) electrons. The zero-order valence-corrected chi connectivity index (χ0v) is 17.2. The fourth-order valence-corrected chi connectivity index (χ4v) is 5.02. The van der Waals surface area contributed by atoms with Crippen molar-refractivity contribution >= 4 is 23.2 Å². The number of fused-ring (bicyclic) bond motifs is 1. The first-order valence-corrected chi connectivity index (χ1v) is 10.9. The molecule has 4 rings (SSSR count). The molecule has 1 aliphatic carbocycles. The van der Waals surface area contributed by atoms with Gasteiger partial charge in [0.2, 0.25) is 5.91 Å². The Labute approximate surface area is 170 Å². The van der Waals surface area contributed by atoms with E-state index < -0.39 is 0 Å². The molecule has 0 N–H and O–H groups in total. The number of hydrogen-bond acceptors (Lipinski definition) is 4. The Morgan fingerprint density at radius 1 is 1.07 bits per heavy atom. The third kappa shape index (κ3) is 3.98. The fourth-order valence-electron chi connectivity index (χ4n) is 4.32. The number of carbonyl (C=O) groups is 2. The summed E-state index contributed by atoms with van der Waals surface area (Å²) in [6.07, 6.45) is 3.41. The van der Waals surface area contributed by atoms with E-state index in [1.807, 2.05) is 27.3 Å². The maximum atomic E-state index is 12.9. The number of carbonyl (C=O) groups excluding carboxylic acids is 2. The maximum Gasteiger partial charge on any atom is 0.264 e. The molecule has 1 fully saturated rings. The third-order valence-electron chi connectivity index (χ3n) is 5.91. The molecule has 2 aliphatic rings. The van der Waals surface area contributed by atoms with E-state index in [9.17, 15) is 9.59 Å². The molecule has 148 valence electrons. The van der Waals surface area contributed by atoms with Crippen molar-refractivity contribution in [3.8, 4) is 0 Å². The van der Waals surface area contributed by atoms with Crippen LogP contribution in [0.1, 0.15) is 39.7 Å². The standard InChI is InChI=1S/C22H27N3O2S/c1-23(19-9-4-7-17-6-2-3-8-18(17)19)16-21(26)24-11-13-25(14-12-24)22(27)20-10-5-15-28-20/h2-3,5-6,8,10,15,19H,4,7,9,11-14,16H2,1H3. The first-order chi connectivity index (χ1) is 13.6. The van der Waals surface area contributed by atoms with Crippen molar-refractivity contribution in [2.75, 3.05) is 39.8 Å². The Morgan fingerprint density at radius 2 is 1.82 bits per heavy atom. The first kappa shape index (κ1) is 19.2. The number of piperazine rings is 1. The molecule has 5 nitrogen and oxygen atoms in total. The lowest BCUT2D eigenvalue weighted by molar-refractivity contribution is -0.134. The second kappa shape index (κ2) is 8.45. The van der Waals surface area contributed by atoms with Gasteiger partial charge in [0, 0.05) is 32.2 Å². The molecular weight excluding hydrogens is 370 g/mol. The summed E-state index contributed by atoms with van der Waals surface area (Å²) in [5.74, 6) is 0.242. The molecule has 1 aliphatic heterocycles. The van der Waals surface area contributed by atoms with Crippen LogP contribution in [0.15, 0.2) is 41.8 Å². The minimum Gasteiger partial charge on any atom is -0.338 e. The minimum absolute atomic E-state index is 0.0815. The average Bonchev–Trinajstić information content (AvgIpc) is 3.27. The van der Waals surface area contributed by atoms with E-state index in [-0.39, 0.29) is 11.8 Å². The van der Waals surface area contributed by atoms with Gasteiger partial charge in [0.15, 0.2) is 0 Å². The van der Waals surface area contributed by atoms with Gasteiger partial charge in [-0.15, -0.1) is 11.3 Å². The molecule has 1 aromatic carbocycles. The molecule has 0 spiro atoms. The van der Waals surface area contributed by atoms with Crippen molar-refractivity contribution in [3.05, 3.63) is 57.8 Å². The quantitative estimate of drug-likeness (QED) is 0.797. The van der Waals surface area contributed by atoms with Crippen LogP contribution in [0.3, 0.4) is 0 Å². The molecule has 6 heteroatoms. The molecular formula is C22H27N3O2S. The van der Waals surface area contributed by atoms with Crippen molar-refractivity contribution in [1.82, 2.24) is 14.7 Å². The number of rotatable bonds is 4. The highest BCUT2D eigenvalue weighted by atomic mass is 32.1. The lowest BCUT2D eigenvalue weighted by Crippen LogP contribution is -2.52. The highest BCUT2D eigenvalue weighted by molar-refractivity contribution is 7.12. The highest BCUT2D eigenvalue weighted by Gasteiger charge is 2.28. The SMILES string of the molecule is CN(CC(=O)N1CCN(C(=O)c2cccs2)CC1)C1CCCc2ccccc21. The van der Waals surface area contributed by atoms with Crippen LogP contribution in [-0.2, 0) is 11.2 Å². The summed E-state index contributed by atoms with van der Waals surface area (Å²) in [6.45, 7) is 2.88. The van der Waals surface area contributed by atoms with Gasteiger partial charge in [-0.1, -0.05) is 30.3 Å². The summed E-state index contributed by atoms with van der Waals surface area (Å²) >= 11 is 1.47. The van der Waals surface area contributed by atoms with Crippen LogP contribution in [0.4, 0.5) is 0 Å². The van der Waals surface area contributed by atoms with Gasteiger partial charge in [0.1, 0.15) is 0 Å². The molecule has 28 heavy (non-hydrogen) atoms. The van der Waals surface area contributed by atoms with E-state index in [0.717, 1.165) is 17.7 Å². The van der Waals surface area contributed by atoms with E-state index in [1.165, 1.54) is 28.9 Å². The summed E-state index contributed by atoms with van der Waals surface area (Å²) in [6, 6.07) is 12.7. The Kier molecular flexibility index (Phi) is 5.78. The van der Waals surface area contributed by atoms with Gasteiger partial charge in [-0.25, -0.2) is 0 Å². The van der Waals surface area contributed by atoms with Gasteiger partial charge < -0.3 is 9.80 Å². The van der Waals surface area contributed by atoms with Gasteiger partial charge in [0.25, 0.3) is 5.91 Å². The lowest BCUT2D eigenvalue weighted by atomic mass is 9.87. The fraction of sp³-hybridized carbons (Fsp3) is 0.455. The van der Waals surface area contributed by atoms with Crippen LogP contribution in [0.2, 0.25) is 0 Å². The Morgan fingerprint density at radius 3 is 2.57 bits per heavy atom. The predicted molar refractivity (Wildman–Crippen MR) is 112 cm³/mol. The van der Waals surface area contributed by atoms with Gasteiger partial charge in [-0.2, -0.15) is 0 Å². The van der Waals surface area contributed by atoms with E-state index >= 15 is 0 Å². The largest absolute Gasteiger partial charge is 0.338 e. The summed E-state index contributed by atoms with van der Waals surface area (Å²) in [4.78, 5) is 32.0. The smallest absolute Gasteiger partial charge is 0.264 e. The highest BCUT2D eigenvalue weighted by Crippen LogP contribution is 2.33. The molecule has 1 aromatic heterocycles. The van der Waals surface area contributed by atoms with Crippen molar-refractivity contribution in [1.29, 1.82) is 0 Å². The predicted octanol–water partition coefficient (Wildman–Crippen LogP) is 3.04. The van der Waals surface area contributed by atoms with Crippen molar-refractivity contribution in [3.63, 3.8) is 0 Å². The monoisotopic (exact) mass is 397 g/mol. The van der Waals surface area contributed by atoms with Crippen LogP contribution in [-0.4, -0.2) is 66.3 Å². The third-order valence-corrected chi connectivity index (χ3v) is 6.76. The van der Waals surface area contributed by atoms with Crippen LogP contribution >= 0.6 is 11.3 Å². The zero-order chi connectivity index (χ0) is 19.5. The maximum absolute atomic E-state index is 12.9. The molecule has 2 aromatic rings. The molecule has 1 unspecified atom stereocenters. The molecule has 0 bridgehead atoms. The summed E-state index contributed by atoms with van der Waals surface area (Å²) in [5, 5.41) is 1.92.